The molecule has 2 atom stereocenters. The maximum Gasteiger partial charge on any atom is 0.0704 e. The first-order chi connectivity index (χ1) is 5.38. The van der Waals surface area contributed by atoms with Gasteiger partial charge in [-0.05, 0) is 0 Å². The molecular weight excluding hydrogens is 142 g/mol. The molecule has 0 aliphatic carbocycles. The van der Waals surface area contributed by atoms with Crippen molar-refractivity contribution in [2.75, 3.05) is 32.8 Å². The number of rotatable bonds is 0. The molecule has 0 bridgehead atoms. The molecule has 0 aromatic carbocycles. The highest BCUT2D eigenvalue weighted by Crippen LogP contribution is 2.10. The van der Waals surface area contributed by atoms with E-state index in [9.17, 15) is 0 Å². The van der Waals surface area contributed by atoms with Crippen LogP contribution in [0.3, 0.4) is 0 Å². The van der Waals surface area contributed by atoms with Gasteiger partial charge in [-0.1, -0.05) is 0 Å². The number of nitrogens with zero attached hydrogens (tertiary/aromatic N) is 1. The zero-order valence-electron chi connectivity index (χ0n) is 6.62. The molecule has 2 fully saturated rings. The quantitative estimate of drug-likeness (QED) is 0.453. The molecule has 0 aromatic rings. The molecule has 0 aromatic heterocycles. The van der Waals surface area contributed by atoms with Crippen molar-refractivity contribution in [1.82, 2.24) is 10.2 Å². The van der Waals surface area contributed by atoms with Crippen molar-refractivity contribution in [3.8, 4) is 0 Å². The highest BCUT2D eigenvalue weighted by Gasteiger charge is 2.30. The van der Waals surface area contributed by atoms with Gasteiger partial charge in [-0.15, -0.1) is 0 Å². The Morgan fingerprint density at radius 2 is 2.36 bits per heavy atom. The normalized spacial score (nSPS) is 40.1. The number of ether oxygens (including phenoxy) is 1. The predicted molar refractivity (Wildman–Crippen MR) is 42.2 cm³/mol. The predicted octanol–water partition coefficient (Wildman–Crippen LogP) is -1.42. The van der Waals surface area contributed by atoms with Crippen LogP contribution in [0.2, 0.25) is 0 Å². The van der Waals surface area contributed by atoms with E-state index in [0.717, 1.165) is 32.8 Å². The van der Waals surface area contributed by atoms with Gasteiger partial charge in [0.15, 0.2) is 0 Å². The third kappa shape index (κ3) is 1.39. The molecule has 2 saturated heterocycles. The van der Waals surface area contributed by atoms with Gasteiger partial charge in [-0.3, -0.25) is 4.90 Å². The molecule has 0 amide bonds. The minimum Gasteiger partial charge on any atom is -0.378 e. The Kier molecular flexibility index (Phi) is 2.09. The summed E-state index contributed by atoms with van der Waals surface area (Å²) < 4.78 is 5.35. The van der Waals surface area contributed by atoms with Crippen molar-refractivity contribution in [2.24, 2.45) is 5.73 Å². The minimum absolute atomic E-state index is 0.192. The molecule has 0 saturated carbocycles. The van der Waals surface area contributed by atoms with Crippen molar-refractivity contribution >= 4 is 0 Å². The summed E-state index contributed by atoms with van der Waals surface area (Å²) in [5.74, 6) is 0. The lowest BCUT2D eigenvalue weighted by molar-refractivity contribution is -0.0404. The maximum atomic E-state index is 5.90. The summed E-state index contributed by atoms with van der Waals surface area (Å²) in [6.45, 7) is 4.60. The van der Waals surface area contributed by atoms with Crippen LogP contribution in [-0.2, 0) is 4.74 Å². The van der Waals surface area contributed by atoms with Gasteiger partial charge >= 0.3 is 0 Å². The van der Waals surface area contributed by atoms with Crippen LogP contribution in [0, 0.1) is 0 Å². The van der Waals surface area contributed by atoms with Crippen molar-refractivity contribution in [3.05, 3.63) is 0 Å². The molecule has 64 valence electrons. The Bertz CT molecular complexity index is 140. The highest BCUT2D eigenvalue weighted by molar-refractivity contribution is 4.86. The molecule has 3 N–H and O–H groups in total. The number of piperazine rings is 1. The second-order valence-corrected chi connectivity index (χ2v) is 3.19. The third-order valence-corrected chi connectivity index (χ3v) is 2.43. The average molecular weight is 157 g/mol. The average Bonchev–Trinajstić information content (AvgIpc) is 2.06. The van der Waals surface area contributed by atoms with Crippen molar-refractivity contribution in [2.45, 2.75) is 12.2 Å². The van der Waals surface area contributed by atoms with E-state index in [0.29, 0.717) is 6.04 Å². The van der Waals surface area contributed by atoms with Gasteiger partial charge in [0, 0.05) is 25.7 Å². The molecule has 0 spiro atoms. The minimum atomic E-state index is 0.192. The zero-order chi connectivity index (χ0) is 7.68. The fraction of sp³-hybridized carbons (Fsp3) is 1.00. The van der Waals surface area contributed by atoms with E-state index in [2.05, 4.69) is 10.2 Å². The zero-order valence-corrected chi connectivity index (χ0v) is 6.62. The molecule has 2 aliphatic rings. The number of nitrogens with two attached hydrogens (primary N) is 1. The second kappa shape index (κ2) is 3.06. The van der Waals surface area contributed by atoms with Crippen molar-refractivity contribution < 1.29 is 4.74 Å². The summed E-state index contributed by atoms with van der Waals surface area (Å²) in [6.07, 6.45) is 0.192. The van der Waals surface area contributed by atoms with Crippen molar-refractivity contribution in [3.63, 3.8) is 0 Å². The monoisotopic (exact) mass is 157 g/mol. The Morgan fingerprint density at radius 1 is 1.45 bits per heavy atom. The maximum absolute atomic E-state index is 5.90. The lowest BCUT2D eigenvalue weighted by atomic mass is 10.1. The first kappa shape index (κ1) is 7.49. The van der Waals surface area contributed by atoms with Crippen LogP contribution in [0.1, 0.15) is 0 Å². The third-order valence-electron chi connectivity index (χ3n) is 2.43. The SMILES string of the molecule is NC1CNCC2COCCN12. The molecule has 2 rings (SSSR count). The molecule has 2 heterocycles. The van der Waals surface area contributed by atoms with Gasteiger partial charge in [-0.2, -0.15) is 0 Å². The smallest absolute Gasteiger partial charge is 0.0704 e. The van der Waals surface area contributed by atoms with Crippen LogP contribution in [0.4, 0.5) is 0 Å². The molecule has 2 unspecified atom stereocenters. The van der Waals surface area contributed by atoms with Gasteiger partial charge in [0.25, 0.3) is 0 Å². The van der Waals surface area contributed by atoms with Crippen LogP contribution in [-0.4, -0.2) is 50.0 Å². The van der Waals surface area contributed by atoms with Gasteiger partial charge < -0.3 is 15.8 Å². The summed E-state index contributed by atoms with van der Waals surface area (Å²) in [5, 5.41) is 3.29. The molecule has 4 nitrogen and oxygen atoms in total. The Morgan fingerprint density at radius 3 is 3.18 bits per heavy atom. The Balaban J connectivity index is 1.99. The van der Waals surface area contributed by atoms with Gasteiger partial charge in [-0.25, -0.2) is 0 Å². The highest BCUT2D eigenvalue weighted by atomic mass is 16.5. The van der Waals surface area contributed by atoms with E-state index in [1.54, 1.807) is 0 Å². The molecular formula is C7H15N3O. The van der Waals surface area contributed by atoms with E-state index in [-0.39, 0.29) is 6.17 Å². The van der Waals surface area contributed by atoms with E-state index in [1.165, 1.54) is 0 Å². The molecule has 4 heteroatoms. The van der Waals surface area contributed by atoms with Gasteiger partial charge in [0.1, 0.15) is 0 Å². The summed E-state index contributed by atoms with van der Waals surface area (Å²) in [5.41, 5.74) is 5.90. The second-order valence-electron chi connectivity index (χ2n) is 3.19. The number of morpholine rings is 1. The van der Waals surface area contributed by atoms with E-state index in [4.69, 9.17) is 10.5 Å². The molecule has 2 aliphatic heterocycles. The molecule has 0 radical (unpaired) electrons. The number of fused-ring (bicyclic) bond motifs is 1. The van der Waals surface area contributed by atoms with Gasteiger partial charge in [0.05, 0.1) is 19.4 Å². The summed E-state index contributed by atoms with van der Waals surface area (Å²) in [4.78, 5) is 2.33. The summed E-state index contributed by atoms with van der Waals surface area (Å²) in [7, 11) is 0. The first-order valence-electron chi connectivity index (χ1n) is 4.18. The summed E-state index contributed by atoms with van der Waals surface area (Å²) >= 11 is 0. The van der Waals surface area contributed by atoms with Gasteiger partial charge in [0.2, 0.25) is 0 Å². The molecule has 11 heavy (non-hydrogen) atoms. The fourth-order valence-corrected chi connectivity index (χ4v) is 1.80. The lowest BCUT2D eigenvalue weighted by Gasteiger charge is -2.43. The van der Waals surface area contributed by atoms with Crippen LogP contribution in [0.5, 0.6) is 0 Å². The van der Waals surface area contributed by atoms with E-state index >= 15 is 0 Å². The van der Waals surface area contributed by atoms with Crippen LogP contribution >= 0.6 is 0 Å². The van der Waals surface area contributed by atoms with E-state index in [1.807, 2.05) is 0 Å². The fourth-order valence-electron chi connectivity index (χ4n) is 1.80. The summed E-state index contributed by atoms with van der Waals surface area (Å²) in [6, 6.07) is 0.507. The number of nitrogens with one attached hydrogen (secondary N) is 1. The topological polar surface area (TPSA) is 50.5 Å². The Hall–Kier alpha value is -0.160. The van der Waals surface area contributed by atoms with Crippen molar-refractivity contribution in [1.29, 1.82) is 0 Å². The van der Waals surface area contributed by atoms with Crippen LogP contribution in [0.15, 0.2) is 0 Å². The van der Waals surface area contributed by atoms with E-state index < -0.39 is 0 Å². The Labute approximate surface area is 66.7 Å². The number of hydrogen-bond acceptors (Lipinski definition) is 4. The number of hydrogen-bond donors (Lipinski definition) is 2. The lowest BCUT2D eigenvalue weighted by Crippen LogP contribution is -2.64. The standard InChI is InChI=1S/C7H15N3O/c8-7-4-9-3-6-5-11-2-1-10(6)7/h6-7,9H,1-5,8H2. The van der Waals surface area contributed by atoms with Crippen LogP contribution < -0.4 is 11.1 Å². The first-order valence-corrected chi connectivity index (χ1v) is 4.18. The van der Waals surface area contributed by atoms with Crippen LogP contribution in [0.25, 0.3) is 0 Å². The largest absolute Gasteiger partial charge is 0.378 e.